The summed E-state index contributed by atoms with van der Waals surface area (Å²) in [7, 11) is 0. The minimum Gasteiger partial charge on any atom is -0.515 e. The van der Waals surface area contributed by atoms with Crippen LogP contribution in [0.1, 0.15) is 45.1 Å². The van der Waals surface area contributed by atoms with E-state index in [9.17, 15) is 9.90 Å². The molecule has 0 unspecified atom stereocenters. The first-order valence-electron chi connectivity index (χ1n) is 8.55. The Morgan fingerprint density at radius 1 is 1.35 bits per heavy atom. The maximum atomic E-state index is 12.2. The molecule has 0 amide bonds. The lowest BCUT2D eigenvalue weighted by molar-refractivity contribution is -0.129. The SMILES string of the molecule is C[C@@H]1[C@@H](OCc2ccccc2)CC[C@]2(C)CC(=CO)C(=O)C[C@@H]12. The van der Waals surface area contributed by atoms with E-state index in [2.05, 4.69) is 26.0 Å². The molecule has 0 saturated heterocycles. The van der Waals surface area contributed by atoms with Crippen molar-refractivity contribution in [3.63, 3.8) is 0 Å². The Morgan fingerprint density at radius 3 is 2.78 bits per heavy atom. The first-order valence-corrected chi connectivity index (χ1v) is 8.55. The second kappa shape index (κ2) is 6.48. The lowest BCUT2D eigenvalue weighted by atomic mass is 9.55. The Morgan fingerprint density at radius 2 is 2.09 bits per heavy atom. The largest absolute Gasteiger partial charge is 0.515 e. The highest BCUT2D eigenvalue weighted by atomic mass is 16.5. The summed E-state index contributed by atoms with van der Waals surface area (Å²) >= 11 is 0. The molecule has 2 aliphatic rings. The number of aliphatic hydroxyl groups excluding tert-OH is 1. The molecule has 1 N–H and O–H groups in total. The van der Waals surface area contributed by atoms with Crippen molar-refractivity contribution in [1.29, 1.82) is 0 Å². The second-order valence-electron chi connectivity index (χ2n) is 7.45. The van der Waals surface area contributed by atoms with Crippen LogP contribution >= 0.6 is 0 Å². The van der Waals surface area contributed by atoms with E-state index in [-0.39, 0.29) is 17.3 Å². The summed E-state index contributed by atoms with van der Waals surface area (Å²) in [5, 5.41) is 9.29. The lowest BCUT2D eigenvalue weighted by Crippen LogP contribution is -2.47. The number of fused-ring (bicyclic) bond motifs is 1. The normalized spacial score (nSPS) is 36.0. The third kappa shape index (κ3) is 3.20. The van der Waals surface area contributed by atoms with Crippen molar-refractivity contribution in [1.82, 2.24) is 0 Å². The van der Waals surface area contributed by atoms with Crippen LogP contribution < -0.4 is 0 Å². The van der Waals surface area contributed by atoms with Crippen LogP contribution in [0.4, 0.5) is 0 Å². The van der Waals surface area contributed by atoms with Gasteiger partial charge in [-0.05, 0) is 42.1 Å². The van der Waals surface area contributed by atoms with Gasteiger partial charge in [-0.3, -0.25) is 4.79 Å². The Hall–Kier alpha value is -1.61. The average molecular weight is 314 g/mol. The lowest BCUT2D eigenvalue weighted by Gasteiger charge is -2.51. The highest BCUT2D eigenvalue weighted by molar-refractivity contribution is 5.96. The van der Waals surface area contributed by atoms with Gasteiger partial charge in [-0.15, -0.1) is 0 Å². The van der Waals surface area contributed by atoms with Crippen LogP contribution in [0.15, 0.2) is 42.2 Å². The molecule has 3 heteroatoms. The van der Waals surface area contributed by atoms with Crippen LogP contribution in [0.5, 0.6) is 0 Å². The molecule has 3 nitrogen and oxygen atoms in total. The molecule has 3 rings (SSSR count). The number of carbonyl (C=O) groups excluding carboxylic acids is 1. The summed E-state index contributed by atoms with van der Waals surface area (Å²) in [5.41, 5.74) is 1.90. The summed E-state index contributed by atoms with van der Waals surface area (Å²) in [6.45, 7) is 5.12. The molecule has 0 aliphatic heterocycles. The summed E-state index contributed by atoms with van der Waals surface area (Å²) in [6, 6.07) is 10.2. The number of ether oxygens (including phenoxy) is 1. The molecule has 0 aromatic heterocycles. The molecule has 124 valence electrons. The van der Waals surface area contributed by atoms with Gasteiger partial charge in [0.1, 0.15) is 0 Å². The molecular formula is C20H26O3. The van der Waals surface area contributed by atoms with Crippen LogP contribution in [0.3, 0.4) is 0 Å². The smallest absolute Gasteiger partial charge is 0.162 e. The summed E-state index contributed by atoms with van der Waals surface area (Å²) in [6.07, 6.45) is 4.53. The van der Waals surface area contributed by atoms with Crippen LogP contribution in [0, 0.1) is 17.3 Å². The summed E-state index contributed by atoms with van der Waals surface area (Å²) in [5.74, 6) is 0.806. The number of ketones is 1. The van der Waals surface area contributed by atoms with Gasteiger partial charge in [-0.2, -0.15) is 0 Å². The monoisotopic (exact) mass is 314 g/mol. The highest BCUT2D eigenvalue weighted by Crippen LogP contribution is 2.53. The zero-order chi connectivity index (χ0) is 16.4. The molecule has 1 aromatic rings. The number of hydrogen-bond donors (Lipinski definition) is 1. The summed E-state index contributed by atoms with van der Waals surface area (Å²) in [4.78, 5) is 12.2. The van der Waals surface area contributed by atoms with Crippen LogP contribution in [-0.2, 0) is 16.1 Å². The molecule has 4 atom stereocenters. The first kappa shape index (κ1) is 16.3. The molecule has 0 radical (unpaired) electrons. The first-order chi connectivity index (χ1) is 11.0. The maximum Gasteiger partial charge on any atom is 0.162 e. The van der Waals surface area contributed by atoms with Gasteiger partial charge in [0, 0.05) is 12.0 Å². The van der Waals surface area contributed by atoms with Crippen molar-refractivity contribution in [2.75, 3.05) is 0 Å². The predicted molar refractivity (Wildman–Crippen MR) is 90.0 cm³/mol. The summed E-state index contributed by atoms with van der Waals surface area (Å²) < 4.78 is 6.19. The van der Waals surface area contributed by atoms with E-state index in [1.807, 2.05) is 18.2 Å². The third-order valence-electron chi connectivity index (χ3n) is 5.94. The zero-order valence-electron chi connectivity index (χ0n) is 14.0. The van der Waals surface area contributed by atoms with Crippen LogP contribution in [-0.4, -0.2) is 17.0 Å². The Balaban J connectivity index is 1.68. The highest BCUT2D eigenvalue weighted by Gasteiger charge is 2.49. The number of allylic oxidation sites excluding steroid dienone is 1. The fraction of sp³-hybridized carbons (Fsp3) is 0.550. The number of rotatable bonds is 3. The van der Waals surface area contributed by atoms with Gasteiger partial charge in [0.15, 0.2) is 5.78 Å². The molecule has 2 saturated carbocycles. The van der Waals surface area contributed by atoms with Gasteiger partial charge in [0.25, 0.3) is 0 Å². The molecule has 2 aliphatic carbocycles. The average Bonchev–Trinajstić information content (AvgIpc) is 2.56. The Kier molecular flexibility index (Phi) is 4.58. The predicted octanol–water partition coefficient (Wildman–Crippen LogP) is 4.43. The van der Waals surface area contributed by atoms with Gasteiger partial charge in [0.2, 0.25) is 0 Å². The number of benzene rings is 1. The van der Waals surface area contributed by atoms with Crippen molar-refractivity contribution in [3.05, 3.63) is 47.7 Å². The number of carbonyl (C=O) groups is 1. The minimum atomic E-state index is 0.102. The van der Waals surface area contributed by atoms with Crippen molar-refractivity contribution >= 4 is 5.78 Å². The molecule has 1 aromatic carbocycles. The van der Waals surface area contributed by atoms with E-state index >= 15 is 0 Å². The fourth-order valence-corrected chi connectivity index (χ4v) is 4.46. The fourth-order valence-electron chi connectivity index (χ4n) is 4.46. The van der Waals surface area contributed by atoms with Gasteiger partial charge < -0.3 is 9.84 Å². The number of hydrogen-bond acceptors (Lipinski definition) is 3. The minimum absolute atomic E-state index is 0.102. The van der Waals surface area contributed by atoms with Crippen molar-refractivity contribution in [2.24, 2.45) is 17.3 Å². The van der Waals surface area contributed by atoms with E-state index in [4.69, 9.17) is 4.74 Å². The quantitative estimate of drug-likeness (QED) is 0.663. The van der Waals surface area contributed by atoms with Gasteiger partial charge in [-0.25, -0.2) is 0 Å². The van der Waals surface area contributed by atoms with E-state index in [1.165, 1.54) is 5.56 Å². The van der Waals surface area contributed by atoms with Gasteiger partial charge in [-0.1, -0.05) is 44.2 Å². The topological polar surface area (TPSA) is 46.5 Å². The molecule has 23 heavy (non-hydrogen) atoms. The number of Topliss-reactive ketones (excluding diaryl/α,β-unsaturated/α-hetero) is 1. The van der Waals surface area contributed by atoms with Crippen molar-refractivity contribution < 1.29 is 14.6 Å². The van der Waals surface area contributed by atoms with Gasteiger partial charge >= 0.3 is 0 Å². The van der Waals surface area contributed by atoms with Crippen molar-refractivity contribution in [3.8, 4) is 0 Å². The second-order valence-corrected chi connectivity index (χ2v) is 7.45. The van der Waals surface area contributed by atoms with Gasteiger partial charge in [0.05, 0.1) is 19.0 Å². The van der Waals surface area contributed by atoms with Crippen LogP contribution in [0.25, 0.3) is 0 Å². The third-order valence-corrected chi connectivity index (χ3v) is 5.94. The van der Waals surface area contributed by atoms with E-state index in [1.54, 1.807) is 0 Å². The number of aliphatic hydroxyl groups is 1. The van der Waals surface area contributed by atoms with Crippen molar-refractivity contribution in [2.45, 2.75) is 52.2 Å². The van der Waals surface area contributed by atoms with Crippen LogP contribution in [0.2, 0.25) is 0 Å². The maximum absolute atomic E-state index is 12.2. The Labute approximate surface area is 138 Å². The zero-order valence-corrected chi connectivity index (χ0v) is 14.0. The molecule has 0 spiro atoms. The van der Waals surface area contributed by atoms with E-state index in [0.29, 0.717) is 36.9 Å². The standard InChI is InChI=1S/C20H26O3/c1-14-17-10-18(22)16(12-21)11-20(17,2)9-8-19(14)23-13-15-6-4-3-5-7-15/h3-7,12,14,17,19,21H,8-11,13H2,1-2H3/t14-,17-,19-,20+/m0/s1. The molecule has 2 fully saturated rings. The molecular weight excluding hydrogens is 288 g/mol. The molecule has 0 heterocycles. The van der Waals surface area contributed by atoms with E-state index < -0.39 is 0 Å². The Bertz CT molecular complexity index is 592. The van der Waals surface area contributed by atoms with E-state index in [0.717, 1.165) is 19.1 Å². The molecule has 0 bridgehead atoms.